The van der Waals surface area contributed by atoms with Gasteiger partial charge in [-0.2, -0.15) is 0 Å². The second-order valence-corrected chi connectivity index (χ2v) is 8.01. The molecule has 3 aromatic carbocycles. The molecule has 2 N–H and O–H groups in total. The van der Waals surface area contributed by atoms with Crippen LogP contribution in [0.3, 0.4) is 0 Å². The number of hydrogen-bond acceptors (Lipinski definition) is 4. The number of ether oxygens (including phenoxy) is 1. The molecule has 0 aliphatic rings. The van der Waals surface area contributed by atoms with E-state index >= 15 is 0 Å². The maximum atomic E-state index is 13.8. The number of carbonyl (C=O) groups excluding carboxylic acids is 1. The summed E-state index contributed by atoms with van der Waals surface area (Å²) in [6.07, 6.45) is 0. The van der Waals surface area contributed by atoms with Gasteiger partial charge in [-0.1, -0.05) is 18.2 Å². The van der Waals surface area contributed by atoms with Gasteiger partial charge < -0.3 is 10.1 Å². The molecule has 0 saturated carbocycles. The number of sulfonamides is 1. The van der Waals surface area contributed by atoms with Crippen molar-refractivity contribution in [1.29, 1.82) is 0 Å². The number of anilines is 2. The molecule has 0 radical (unpaired) electrons. The van der Waals surface area contributed by atoms with Crippen LogP contribution in [-0.4, -0.2) is 20.9 Å². The van der Waals surface area contributed by atoms with Crippen LogP contribution in [0.15, 0.2) is 71.6 Å². The van der Waals surface area contributed by atoms with Gasteiger partial charge in [0, 0.05) is 5.69 Å². The number of aryl methyl sites for hydroxylation is 1. The van der Waals surface area contributed by atoms with Crippen molar-refractivity contribution in [3.63, 3.8) is 0 Å². The summed E-state index contributed by atoms with van der Waals surface area (Å²) in [5, 5.41) is 2.53. The van der Waals surface area contributed by atoms with E-state index in [9.17, 15) is 22.0 Å². The molecule has 3 rings (SSSR count). The molecule has 0 saturated heterocycles. The zero-order chi connectivity index (χ0) is 21.7. The molecule has 0 heterocycles. The first-order valence-electron chi connectivity index (χ1n) is 8.81. The maximum Gasteiger partial charge on any atom is 0.262 e. The van der Waals surface area contributed by atoms with Gasteiger partial charge in [-0.25, -0.2) is 17.2 Å². The van der Waals surface area contributed by atoms with Crippen molar-refractivity contribution < 1.29 is 26.7 Å². The molecule has 156 valence electrons. The Morgan fingerprint density at radius 1 is 1.00 bits per heavy atom. The minimum Gasteiger partial charge on any atom is -0.484 e. The number of rotatable bonds is 7. The molecular weight excluding hydrogens is 414 g/mol. The molecule has 0 bridgehead atoms. The van der Waals surface area contributed by atoms with Crippen LogP contribution in [0.2, 0.25) is 0 Å². The molecule has 0 aliphatic carbocycles. The Bertz CT molecular complexity index is 1170. The first kappa shape index (κ1) is 21.3. The molecule has 0 spiro atoms. The van der Waals surface area contributed by atoms with E-state index in [0.717, 1.165) is 6.07 Å². The minimum absolute atomic E-state index is 0.108. The van der Waals surface area contributed by atoms with E-state index in [1.165, 1.54) is 60.7 Å². The summed E-state index contributed by atoms with van der Waals surface area (Å²) in [5.41, 5.74) is 0.459. The molecule has 0 fully saturated rings. The molecule has 6 nitrogen and oxygen atoms in total. The fraction of sp³-hybridized carbons (Fsp3) is 0.0952. The predicted molar refractivity (Wildman–Crippen MR) is 109 cm³/mol. The maximum absolute atomic E-state index is 13.8. The van der Waals surface area contributed by atoms with E-state index in [1.54, 1.807) is 6.92 Å². The number of hydrogen-bond donors (Lipinski definition) is 2. The van der Waals surface area contributed by atoms with Crippen LogP contribution in [0.25, 0.3) is 0 Å². The molecule has 0 aromatic heterocycles. The third kappa shape index (κ3) is 5.32. The van der Waals surface area contributed by atoms with E-state index in [4.69, 9.17) is 4.74 Å². The fourth-order valence-corrected chi connectivity index (χ4v) is 3.93. The highest BCUT2D eigenvalue weighted by Gasteiger charge is 2.19. The number of amides is 1. The van der Waals surface area contributed by atoms with Crippen LogP contribution >= 0.6 is 0 Å². The largest absolute Gasteiger partial charge is 0.484 e. The lowest BCUT2D eigenvalue weighted by Crippen LogP contribution is -2.21. The van der Waals surface area contributed by atoms with Crippen molar-refractivity contribution >= 4 is 27.3 Å². The van der Waals surface area contributed by atoms with Crippen molar-refractivity contribution in [3.05, 3.63) is 83.9 Å². The highest BCUT2D eigenvalue weighted by molar-refractivity contribution is 7.92. The fourth-order valence-electron chi connectivity index (χ4n) is 2.59. The molecule has 30 heavy (non-hydrogen) atoms. The van der Waals surface area contributed by atoms with Gasteiger partial charge in [-0.05, 0) is 61.0 Å². The summed E-state index contributed by atoms with van der Waals surface area (Å²) in [5.74, 6) is -1.35. The van der Waals surface area contributed by atoms with Gasteiger partial charge in [0.1, 0.15) is 17.4 Å². The van der Waals surface area contributed by atoms with Crippen molar-refractivity contribution in [2.45, 2.75) is 11.8 Å². The first-order chi connectivity index (χ1) is 14.2. The average Bonchev–Trinajstić information content (AvgIpc) is 2.70. The van der Waals surface area contributed by atoms with Crippen LogP contribution in [0.1, 0.15) is 5.56 Å². The van der Waals surface area contributed by atoms with E-state index in [0.29, 0.717) is 11.3 Å². The number of carbonyl (C=O) groups is 1. The van der Waals surface area contributed by atoms with Crippen molar-refractivity contribution in [1.82, 2.24) is 0 Å². The SMILES string of the molecule is Cc1ccc(NC(=O)COc2ccc(F)cc2)cc1S(=O)(=O)Nc1ccccc1F. The second-order valence-electron chi connectivity index (χ2n) is 6.36. The molecular formula is C21H18F2N2O4S. The summed E-state index contributed by atoms with van der Waals surface area (Å²) in [6.45, 7) is 1.23. The summed E-state index contributed by atoms with van der Waals surface area (Å²) in [4.78, 5) is 12.0. The Balaban J connectivity index is 1.72. The molecule has 3 aromatic rings. The lowest BCUT2D eigenvalue weighted by molar-refractivity contribution is -0.118. The zero-order valence-electron chi connectivity index (χ0n) is 15.9. The standard InChI is InChI=1S/C21H18F2N2O4S/c1-14-6-9-16(24-21(26)13-29-17-10-7-15(22)8-11-17)12-20(14)30(27,28)25-19-5-3-2-4-18(19)23/h2-12,25H,13H2,1H3,(H,24,26). The van der Waals surface area contributed by atoms with Crippen LogP contribution in [-0.2, 0) is 14.8 Å². The minimum atomic E-state index is -4.09. The second kappa shape index (κ2) is 8.91. The Labute approximate surface area is 172 Å². The first-order valence-corrected chi connectivity index (χ1v) is 10.3. The Morgan fingerprint density at radius 3 is 2.40 bits per heavy atom. The summed E-state index contributed by atoms with van der Waals surface area (Å²) < 4.78 is 59.6. The third-order valence-corrected chi connectivity index (χ3v) is 5.57. The van der Waals surface area contributed by atoms with Gasteiger partial charge >= 0.3 is 0 Å². The molecule has 0 aliphatic heterocycles. The Morgan fingerprint density at radius 2 is 1.70 bits per heavy atom. The quantitative estimate of drug-likeness (QED) is 0.589. The van der Waals surface area contributed by atoms with E-state index in [-0.39, 0.29) is 22.9 Å². The van der Waals surface area contributed by atoms with Gasteiger partial charge in [-0.15, -0.1) is 0 Å². The monoisotopic (exact) mass is 432 g/mol. The highest BCUT2D eigenvalue weighted by atomic mass is 32.2. The van der Waals surface area contributed by atoms with Gasteiger partial charge in [0.25, 0.3) is 15.9 Å². The zero-order valence-corrected chi connectivity index (χ0v) is 16.7. The Kier molecular flexibility index (Phi) is 6.31. The van der Waals surface area contributed by atoms with Gasteiger partial charge in [0.2, 0.25) is 0 Å². The summed E-state index contributed by atoms with van der Waals surface area (Å²) in [7, 11) is -4.09. The topological polar surface area (TPSA) is 84.5 Å². The number of nitrogens with one attached hydrogen (secondary N) is 2. The Hall–Kier alpha value is -3.46. The van der Waals surface area contributed by atoms with Gasteiger partial charge in [0.05, 0.1) is 10.6 Å². The van der Waals surface area contributed by atoms with Crippen molar-refractivity contribution in [2.24, 2.45) is 0 Å². The number of para-hydroxylation sites is 1. The number of halogens is 2. The molecule has 1 amide bonds. The van der Waals surface area contributed by atoms with E-state index < -0.39 is 27.6 Å². The van der Waals surface area contributed by atoms with E-state index in [1.807, 2.05) is 0 Å². The van der Waals surface area contributed by atoms with Crippen molar-refractivity contribution in [2.75, 3.05) is 16.6 Å². The third-order valence-electron chi connectivity index (χ3n) is 4.06. The van der Waals surface area contributed by atoms with E-state index in [2.05, 4.69) is 10.0 Å². The molecule has 9 heteroatoms. The van der Waals surface area contributed by atoms with Crippen LogP contribution in [0.5, 0.6) is 5.75 Å². The van der Waals surface area contributed by atoms with Crippen LogP contribution < -0.4 is 14.8 Å². The van der Waals surface area contributed by atoms with Gasteiger partial charge in [0.15, 0.2) is 6.61 Å². The highest BCUT2D eigenvalue weighted by Crippen LogP contribution is 2.24. The van der Waals surface area contributed by atoms with Gasteiger partial charge in [-0.3, -0.25) is 9.52 Å². The number of benzene rings is 3. The lowest BCUT2D eigenvalue weighted by atomic mass is 10.2. The lowest BCUT2D eigenvalue weighted by Gasteiger charge is -2.13. The predicted octanol–water partition coefficient (Wildman–Crippen LogP) is 4.09. The average molecular weight is 432 g/mol. The summed E-state index contributed by atoms with van der Waals surface area (Å²) >= 11 is 0. The molecule has 0 unspecified atom stereocenters. The molecule has 0 atom stereocenters. The normalized spacial score (nSPS) is 11.0. The smallest absolute Gasteiger partial charge is 0.262 e. The summed E-state index contributed by atoms with van der Waals surface area (Å²) in [6, 6.07) is 14.9. The van der Waals surface area contributed by atoms with Crippen LogP contribution in [0, 0.1) is 18.6 Å². The van der Waals surface area contributed by atoms with Crippen molar-refractivity contribution in [3.8, 4) is 5.75 Å². The van der Waals surface area contributed by atoms with Crippen LogP contribution in [0.4, 0.5) is 20.2 Å².